The third-order valence-electron chi connectivity index (χ3n) is 3.45. The first-order valence-electron chi connectivity index (χ1n) is 7.93. The zero-order valence-corrected chi connectivity index (χ0v) is 15.3. The molecule has 2 aromatic rings. The van der Waals surface area contributed by atoms with Crippen LogP contribution >= 0.6 is 0 Å². The molecule has 0 saturated heterocycles. The van der Waals surface area contributed by atoms with Crippen molar-refractivity contribution in [1.82, 2.24) is 10.6 Å². The van der Waals surface area contributed by atoms with E-state index < -0.39 is 10.0 Å². The average Bonchev–Trinajstić information content (AvgIpc) is 3.08. The molecule has 0 spiro atoms. The molecule has 1 heterocycles. The molecule has 26 heavy (non-hydrogen) atoms. The molecule has 9 heteroatoms. The lowest BCUT2D eigenvalue weighted by molar-refractivity contribution is -0.121. The van der Waals surface area contributed by atoms with Gasteiger partial charge in [-0.2, -0.15) is 0 Å². The summed E-state index contributed by atoms with van der Waals surface area (Å²) in [6.07, 6.45) is 2.58. The molecule has 1 atom stereocenters. The maximum Gasteiger partial charge on any atom is 0.286 e. The molecule has 0 aliphatic rings. The zero-order chi connectivity index (χ0) is 19.2. The standard InChI is InChI=1S/C17H21N3O5S/c1-12(13-5-3-6-14(11-13)20-26(2,23)24)19-16(21)8-9-18-17(22)15-7-4-10-25-15/h3-7,10-12,20H,8-9H2,1-2H3,(H,18,22)(H,19,21)/t12-/m1/s1. The Bertz CT molecular complexity index is 862. The number of nitrogens with one attached hydrogen (secondary N) is 3. The Morgan fingerprint density at radius 2 is 1.96 bits per heavy atom. The molecule has 0 fully saturated rings. The third kappa shape index (κ3) is 6.25. The Morgan fingerprint density at radius 1 is 1.19 bits per heavy atom. The van der Waals surface area contributed by atoms with Crippen LogP contribution in [0.1, 0.15) is 35.5 Å². The van der Waals surface area contributed by atoms with Gasteiger partial charge in [-0.25, -0.2) is 8.42 Å². The molecule has 1 aromatic heterocycles. The number of benzene rings is 1. The summed E-state index contributed by atoms with van der Waals surface area (Å²) in [5.74, 6) is -0.428. The van der Waals surface area contributed by atoms with E-state index >= 15 is 0 Å². The highest BCUT2D eigenvalue weighted by molar-refractivity contribution is 7.92. The summed E-state index contributed by atoms with van der Waals surface area (Å²) in [6.45, 7) is 1.96. The van der Waals surface area contributed by atoms with Gasteiger partial charge in [0.2, 0.25) is 15.9 Å². The Morgan fingerprint density at radius 3 is 2.62 bits per heavy atom. The number of sulfonamides is 1. The largest absolute Gasteiger partial charge is 0.459 e. The van der Waals surface area contributed by atoms with Crippen LogP contribution in [0.5, 0.6) is 0 Å². The first kappa shape index (κ1) is 19.5. The normalized spacial score (nSPS) is 12.2. The second kappa shape index (κ2) is 8.52. The summed E-state index contributed by atoms with van der Waals surface area (Å²) >= 11 is 0. The van der Waals surface area contributed by atoms with Crippen LogP contribution in [0.2, 0.25) is 0 Å². The number of carbonyl (C=O) groups is 2. The number of hydrogen-bond acceptors (Lipinski definition) is 5. The summed E-state index contributed by atoms with van der Waals surface area (Å²) < 4.78 is 29.9. The molecule has 2 amide bonds. The fourth-order valence-electron chi connectivity index (χ4n) is 2.27. The zero-order valence-electron chi connectivity index (χ0n) is 14.5. The van der Waals surface area contributed by atoms with Gasteiger partial charge in [0.1, 0.15) is 0 Å². The Balaban J connectivity index is 1.83. The van der Waals surface area contributed by atoms with E-state index in [0.717, 1.165) is 11.8 Å². The molecule has 3 N–H and O–H groups in total. The van der Waals surface area contributed by atoms with Gasteiger partial charge in [0.05, 0.1) is 18.6 Å². The quantitative estimate of drug-likeness (QED) is 0.645. The molecule has 0 aliphatic carbocycles. The van der Waals surface area contributed by atoms with Crippen molar-refractivity contribution >= 4 is 27.5 Å². The SMILES string of the molecule is C[C@@H](NC(=O)CCNC(=O)c1ccco1)c1cccc(NS(C)(=O)=O)c1. The maximum atomic E-state index is 12.0. The highest BCUT2D eigenvalue weighted by atomic mass is 32.2. The predicted octanol–water partition coefficient (Wildman–Crippen LogP) is 1.65. The molecule has 0 saturated carbocycles. The van der Waals surface area contributed by atoms with Gasteiger partial charge >= 0.3 is 0 Å². The number of amides is 2. The fourth-order valence-corrected chi connectivity index (χ4v) is 2.82. The van der Waals surface area contributed by atoms with Crippen molar-refractivity contribution in [2.75, 3.05) is 17.5 Å². The summed E-state index contributed by atoms with van der Waals surface area (Å²) in [5.41, 5.74) is 1.18. The molecule has 140 valence electrons. The second-order valence-corrected chi connectivity index (χ2v) is 7.52. The van der Waals surface area contributed by atoms with Crippen molar-refractivity contribution in [3.63, 3.8) is 0 Å². The summed E-state index contributed by atoms with van der Waals surface area (Å²) in [7, 11) is -3.37. The predicted molar refractivity (Wildman–Crippen MR) is 97.1 cm³/mol. The minimum absolute atomic E-state index is 0.109. The summed E-state index contributed by atoms with van der Waals surface area (Å²) in [6, 6.07) is 9.61. The summed E-state index contributed by atoms with van der Waals surface area (Å²) in [4.78, 5) is 23.7. The lowest BCUT2D eigenvalue weighted by Gasteiger charge is -2.16. The van der Waals surface area contributed by atoms with Crippen molar-refractivity contribution in [3.05, 3.63) is 54.0 Å². The van der Waals surface area contributed by atoms with Crippen molar-refractivity contribution in [1.29, 1.82) is 0 Å². The molecule has 0 aliphatic heterocycles. The van der Waals surface area contributed by atoms with E-state index in [1.54, 1.807) is 37.3 Å². The Hall–Kier alpha value is -2.81. The van der Waals surface area contributed by atoms with E-state index in [0.29, 0.717) is 5.69 Å². The van der Waals surface area contributed by atoms with E-state index in [1.165, 1.54) is 12.3 Å². The van der Waals surface area contributed by atoms with Gasteiger partial charge in [-0.15, -0.1) is 0 Å². The van der Waals surface area contributed by atoms with Gasteiger partial charge < -0.3 is 15.1 Å². The first-order chi connectivity index (χ1) is 12.2. The minimum atomic E-state index is -3.37. The monoisotopic (exact) mass is 379 g/mol. The number of furan rings is 1. The molecule has 0 bridgehead atoms. The van der Waals surface area contributed by atoms with Crippen LogP contribution < -0.4 is 15.4 Å². The van der Waals surface area contributed by atoms with Gasteiger partial charge in [0.15, 0.2) is 5.76 Å². The summed E-state index contributed by atoms with van der Waals surface area (Å²) in [5, 5.41) is 5.40. The number of carbonyl (C=O) groups excluding carboxylic acids is 2. The van der Waals surface area contributed by atoms with Crippen LogP contribution in [0.4, 0.5) is 5.69 Å². The molecular weight excluding hydrogens is 358 g/mol. The molecule has 8 nitrogen and oxygen atoms in total. The van der Waals surface area contributed by atoms with Gasteiger partial charge in [-0.05, 0) is 36.8 Å². The fraction of sp³-hybridized carbons (Fsp3) is 0.294. The van der Waals surface area contributed by atoms with Crippen LogP contribution in [0, 0.1) is 0 Å². The maximum absolute atomic E-state index is 12.0. The molecule has 0 radical (unpaired) electrons. The molecule has 0 unspecified atom stereocenters. The highest BCUT2D eigenvalue weighted by Crippen LogP contribution is 2.18. The van der Waals surface area contributed by atoms with Crippen molar-refractivity contribution in [3.8, 4) is 0 Å². The van der Waals surface area contributed by atoms with Gasteiger partial charge in [-0.1, -0.05) is 12.1 Å². The van der Waals surface area contributed by atoms with E-state index in [-0.39, 0.29) is 36.6 Å². The lowest BCUT2D eigenvalue weighted by Crippen LogP contribution is -2.32. The van der Waals surface area contributed by atoms with Crippen molar-refractivity contribution in [2.45, 2.75) is 19.4 Å². The van der Waals surface area contributed by atoms with Crippen molar-refractivity contribution in [2.24, 2.45) is 0 Å². The van der Waals surface area contributed by atoms with Gasteiger partial charge in [0.25, 0.3) is 5.91 Å². The van der Waals surface area contributed by atoms with Crippen molar-refractivity contribution < 1.29 is 22.4 Å². The van der Waals surface area contributed by atoms with Crippen LogP contribution in [-0.4, -0.2) is 33.0 Å². The van der Waals surface area contributed by atoms with E-state index in [4.69, 9.17) is 4.42 Å². The van der Waals surface area contributed by atoms with E-state index in [2.05, 4.69) is 15.4 Å². The van der Waals surface area contributed by atoms with Gasteiger partial charge in [-0.3, -0.25) is 14.3 Å². The average molecular weight is 379 g/mol. The van der Waals surface area contributed by atoms with E-state index in [9.17, 15) is 18.0 Å². The number of anilines is 1. The second-order valence-electron chi connectivity index (χ2n) is 5.77. The van der Waals surface area contributed by atoms with Crippen LogP contribution in [0.3, 0.4) is 0 Å². The van der Waals surface area contributed by atoms with E-state index in [1.807, 2.05) is 0 Å². The third-order valence-corrected chi connectivity index (χ3v) is 4.06. The van der Waals surface area contributed by atoms with Crippen LogP contribution in [0.15, 0.2) is 47.1 Å². The molecular formula is C17H21N3O5S. The number of hydrogen-bond donors (Lipinski definition) is 3. The van der Waals surface area contributed by atoms with Crippen LogP contribution in [-0.2, 0) is 14.8 Å². The minimum Gasteiger partial charge on any atom is -0.459 e. The topological polar surface area (TPSA) is 118 Å². The first-order valence-corrected chi connectivity index (χ1v) is 9.82. The van der Waals surface area contributed by atoms with Gasteiger partial charge in [0, 0.05) is 18.7 Å². The lowest BCUT2D eigenvalue weighted by atomic mass is 10.1. The smallest absolute Gasteiger partial charge is 0.286 e. The Labute approximate surface area is 152 Å². The number of rotatable bonds is 8. The molecule has 1 aromatic carbocycles. The van der Waals surface area contributed by atoms with Crippen LogP contribution in [0.25, 0.3) is 0 Å². The highest BCUT2D eigenvalue weighted by Gasteiger charge is 2.12. The Kier molecular flexibility index (Phi) is 6.40. The molecule has 2 rings (SSSR count).